The van der Waals surface area contributed by atoms with E-state index in [1.807, 2.05) is 0 Å². The third-order valence-corrected chi connectivity index (χ3v) is 4.59. The molecule has 2 aromatic rings. The van der Waals surface area contributed by atoms with Gasteiger partial charge in [0.15, 0.2) is 9.90 Å². The highest BCUT2D eigenvalue weighted by molar-refractivity contribution is 7.94. The zero-order valence-corrected chi connectivity index (χ0v) is 11.4. The van der Waals surface area contributed by atoms with E-state index in [4.69, 9.17) is 0 Å². The summed E-state index contributed by atoms with van der Waals surface area (Å²) in [5, 5.41) is 10.6. The molecule has 0 unspecified atom stereocenters. The number of aromatic nitrogens is 5. The number of aryl methyl sites for hydroxylation is 1. The summed E-state index contributed by atoms with van der Waals surface area (Å²) in [6, 6.07) is 0. The number of esters is 1. The van der Waals surface area contributed by atoms with Gasteiger partial charge < -0.3 is 4.74 Å². The summed E-state index contributed by atoms with van der Waals surface area (Å²) in [4.78, 5) is 16.1. The van der Waals surface area contributed by atoms with Crippen molar-refractivity contribution >= 4 is 33.3 Å². The van der Waals surface area contributed by atoms with Crippen LogP contribution in [0.15, 0.2) is 9.72 Å². The number of anilines is 1. The van der Waals surface area contributed by atoms with Gasteiger partial charge in [0.1, 0.15) is 0 Å². The van der Waals surface area contributed by atoms with Gasteiger partial charge in [0.2, 0.25) is 0 Å². The van der Waals surface area contributed by atoms with E-state index in [-0.39, 0.29) is 15.9 Å². The first-order valence-electron chi connectivity index (χ1n) is 4.72. The molecule has 0 amide bonds. The number of ether oxygens (including phenoxy) is 1. The second kappa shape index (κ2) is 4.89. The molecule has 0 aliphatic heterocycles. The summed E-state index contributed by atoms with van der Waals surface area (Å²) in [6.07, 6.45) is 0. The van der Waals surface area contributed by atoms with Gasteiger partial charge in [-0.3, -0.25) is 0 Å². The van der Waals surface area contributed by atoms with Crippen molar-refractivity contribution in [2.75, 3.05) is 11.8 Å². The average Bonchev–Trinajstić information content (AvgIpc) is 2.97. The Balaban J connectivity index is 2.35. The molecule has 0 fully saturated rings. The molecule has 102 valence electrons. The van der Waals surface area contributed by atoms with Crippen LogP contribution in [0.3, 0.4) is 0 Å². The predicted octanol–water partition coefficient (Wildman–Crippen LogP) is -0.746. The molecular formula is C7H8N6O4S2. The van der Waals surface area contributed by atoms with Gasteiger partial charge in [0, 0.05) is 0 Å². The number of nitrogens with one attached hydrogen (secondary N) is 1. The van der Waals surface area contributed by atoms with Crippen molar-refractivity contribution in [3.63, 3.8) is 0 Å². The van der Waals surface area contributed by atoms with Crippen LogP contribution in [0.25, 0.3) is 0 Å². The van der Waals surface area contributed by atoms with Gasteiger partial charge in [-0.1, -0.05) is 5.10 Å². The number of nitrogens with zero attached hydrogens (tertiary/aromatic N) is 5. The zero-order chi connectivity index (χ0) is 14.0. The maximum atomic E-state index is 12.0. The lowest BCUT2D eigenvalue weighted by molar-refractivity contribution is 0.0590. The van der Waals surface area contributed by atoms with Crippen molar-refractivity contribution in [1.29, 1.82) is 0 Å². The molecule has 0 saturated heterocycles. The van der Waals surface area contributed by atoms with Crippen LogP contribution in [0.1, 0.15) is 10.5 Å². The second-order valence-corrected chi connectivity index (χ2v) is 5.92. The quantitative estimate of drug-likeness (QED) is 0.731. The molecule has 0 aromatic carbocycles. The lowest BCUT2D eigenvalue weighted by atomic mass is 10.5. The van der Waals surface area contributed by atoms with Crippen LogP contribution in [-0.4, -0.2) is 46.7 Å². The van der Waals surface area contributed by atoms with E-state index < -0.39 is 16.0 Å². The molecule has 0 bridgehead atoms. The topological polar surface area (TPSA) is 129 Å². The fourth-order valence-electron chi connectivity index (χ4n) is 1.15. The first-order valence-corrected chi connectivity index (χ1v) is 7.09. The summed E-state index contributed by atoms with van der Waals surface area (Å²) in [6.45, 7) is 0. The van der Waals surface area contributed by atoms with Crippen LogP contribution in [0, 0.1) is 0 Å². The molecule has 0 aliphatic carbocycles. The Hall–Kier alpha value is -2.08. The van der Waals surface area contributed by atoms with Gasteiger partial charge in [-0.05, 0) is 5.21 Å². The van der Waals surface area contributed by atoms with Gasteiger partial charge in [0.05, 0.1) is 19.7 Å². The van der Waals surface area contributed by atoms with E-state index in [9.17, 15) is 13.2 Å². The molecular weight excluding hydrogens is 296 g/mol. The number of rotatable bonds is 4. The number of hydrogen-bond donors (Lipinski definition) is 1. The van der Waals surface area contributed by atoms with Crippen LogP contribution >= 0.6 is 11.3 Å². The summed E-state index contributed by atoms with van der Waals surface area (Å²) < 4.78 is 30.4. The van der Waals surface area contributed by atoms with Gasteiger partial charge >= 0.3 is 5.97 Å². The zero-order valence-electron chi connectivity index (χ0n) is 9.76. The highest BCUT2D eigenvalue weighted by Crippen LogP contribution is 2.22. The third kappa shape index (κ3) is 2.68. The minimum atomic E-state index is -4.02. The monoisotopic (exact) mass is 304 g/mol. The Morgan fingerprint density at radius 2 is 2.26 bits per heavy atom. The normalized spacial score (nSPS) is 11.3. The fourth-order valence-corrected chi connectivity index (χ4v) is 3.22. The number of carbonyl (C=O) groups excluding carboxylic acids is 1. The smallest absolute Gasteiger partial charge is 0.358 e. The highest BCUT2D eigenvalue weighted by Gasteiger charge is 2.27. The number of hydrogen-bond acceptors (Lipinski definition) is 9. The minimum Gasteiger partial charge on any atom is -0.464 e. The molecule has 0 saturated carbocycles. The van der Waals surface area contributed by atoms with Gasteiger partial charge in [-0.15, -0.1) is 16.4 Å². The van der Waals surface area contributed by atoms with E-state index in [0.29, 0.717) is 0 Å². The summed E-state index contributed by atoms with van der Waals surface area (Å²) in [7, 11) is -1.40. The second-order valence-electron chi connectivity index (χ2n) is 3.19. The predicted molar refractivity (Wildman–Crippen MR) is 63.1 cm³/mol. The molecule has 2 aromatic heterocycles. The Morgan fingerprint density at radius 3 is 2.84 bits per heavy atom. The SMILES string of the molecule is COC(=O)c1ncsc1S(=O)(=O)Nc1nnn(C)n1. The molecule has 10 nitrogen and oxygen atoms in total. The van der Waals surface area contributed by atoms with Crippen molar-refractivity contribution in [1.82, 2.24) is 25.2 Å². The number of thiazole rings is 1. The first kappa shape index (κ1) is 13.4. The summed E-state index contributed by atoms with van der Waals surface area (Å²) in [5.41, 5.74) is 0.939. The summed E-state index contributed by atoms with van der Waals surface area (Å²) >= 11 is 0.781. The number of carbonyl (C=O) groups is 1. The van der Waals surface area contributed by atoms with Gasteiger partial charge in [0.25, 0.3) is 16.0 Å². The van der Waals surface area contributed by atoms with Gasteiger partial charge in [-0.25, -0.2) is 22.9 Å². The average molecular weight is 304 g/mol. The van der Waals surface area contributed by atoms with Crippen molar-refractivity contribution in [3.8, 4) is 0 Å². The van der Waals surface area contributed by atoms with Crippen molar-refractivity contribution in [2.45, 2.75) is 4.21 Å². The Kier molecular flexibility index (Phi) is 3.44. The number of sulfonamides is 1. The lowest BCUT2D eigenvalue weighted by Gasteiger charge is -2.02. The first-order chi connectivity index (χ1) is 8.94. The van der Waals surface area contributed by atoms with Crippen molar-refractivity contribution < 1.29 is 17.9 Å². The van der Waals surface area contributed by atoms with E-state index in [0.717, 1.165) is 23.2 Å². The highest BCUT2D eigenvalue weighted by atomic mass is 32.2. The molecule has 0 radical (unpaired) electrons. The van der Waals surface area contributed by atoms with Crippen LogP contribution < -0.4 is 4.72 Å². The van der Waals surface area contributed by atoms with E-state index >= 15 is 0 Å². The van der Waals surface area contributed by atoms with E-state index in [1.54, 1.807) is 0 Å². The van der Waals surface area contributed by atoms with Crippen molar-refractivity contribution in [2.24, 2.45) is 7.05 Å². The van der Waals surface area contributed by atoms with Gasteiger partial charge in [-0.2, -0.15) is 4.80 Å². The number of tetrazole rings is 1. The molecule has 1 N–H and O–H groups in total. The van der Waals surface area contributed by atoms with E-state index in [1.165, 1.54) is 12.6 Å². The van der Waals surface area contributed by atoms with Crippen LogP contribution in [-0.2, 0) is 21.8 Å². The molecule has 12 heteroatoms. The van der Waals surface area contributed by atoms with Crippen LogP contribution in [0.2, 0.25) is 0 Å². The molecule has 2 rings (SSSR count). The minimum absolute atomic E-state index is 0.202. The lowest BCUT2D eigenvalue weighted by Crippen LogP contribution is -2.17. The van der Waals surface area contributed by atoms with E-state index in [2.05, 4.69) is 29.9 Å². The largest absolute Gasteiger partial charge is 0.464 e. The fraction of sp³-hybridized carbons (Fsp3) is 0.286. The maximum absolute atomic E-state index is 12.0. The molecule has 2 heterocycles. The maximum Gasteiger partial charge on any atom is 0.358 e. The Morgan fingerprint density at radius 1 is 1.53 bits per heavy atom. The standard InChI is InChI=1S/C7H8N6O4S2/c1-13-10-7(9-12-13)11-19(15,16)6-4(5(14)17-2)8-3-18-6/h3H,1-2H3,(H,10,11). The third-order valence-electron chi connectivity index (χ3n) is 1.89. The van der Waals surface area contributed by atoms with Crippen LogP contribution in [0.4, 0.5) is 5.95 Å². The Labute approximate surface area is 111 Å². The van der Waals surface area contributed by atoms with Crippen LogP contribution in [0.5, 0.6) is 0 Å². The number of methoxy groups -OCH3 is 1. The summed E-state index contributed by atoms with van der Waals surface area (Å²) in [5.74, 6) is -1.04. The molecule has 0 spiro atoms. The molecule has 19 heavy (non-hydrogen) atoms. The van der Waals surface area contributed by atoms with Crippen molar-refractivity contribution in [3.05, 3.63) is 11.2 Å². The Bertz CT molecular complexity index is 705. The molecule has 0 atom stereocenters. The molecule has 0 aliphatic rings.